The summed E-state index contributed by atoms with van der Waals surface area (Å²) in [6, 6.07) is 17.8. The molecule has 0 amide bonds. The Kier molecular flexibility index (Phi) is 4.16. The van der Waals surface area contributed by atoms with Gasteiger partial charge in [0.25, 0.3) is 0 Å². The SMILES string of the molecule is CS(=O)c1c(-c2cccc(Cl)c2Br)ccc2ccccc12. The van der Waals surface area contributed by atoms with E-state index in [0.717, 1.165) is 31.3 Å². The Labute approximate surface area is 139 Å². The molecule has 0 saturated carbocycles. The number of fused-ring (bicyclic) bond motifs is 1. The topological polar surface area (TPSA) is 17.1 Å². The fraction of sp³-hybridized carbons (Fsp3) is 0.0588. The average molecular weight is 380 g/mol. The van der Waals surface area contributed by atoms with Crippen molar-refractivity contribution in [3.8, 4) is 11.1 Å². The van der Waals surface area contributed by atoms with Gasteiger partial charge < -0.3 is 0 Å². The molecule has 4 heteroatoms. The zero-order chi connectivity index (χ0) is 15.0. The molecule has 0 radical (unpaired) electrons. The second-order valence-electron chi connectivity index (χ2n) is 4.72. The summed E-state index contributed by atoms with van der Waals surface area (Å²) < 4.78 is 13.1. The highest BCUT2D eigenvalue weighted by molar-refractivity contribution is 9.10. The molecule has 1 nitrogen and oxygen atoms in total. The Morgan fingerprint density at radius 1 is 0.952 bits per heavy atom. The van der Waals surface area contributed by atoms with Crippen molar-refractivity contribution >= 4 is 49.1 Å². The van der Waals surface area contributed by atoms with E-state index < -0.39 is 10.8 Å². The molecule has 106 valence electrons. The van der Waals surface area contributed by atoms with Crippen LogP contribution in [0.15, 0.2) is 64.0 Å². The van der Waals surface area contributed by atoms with Gasteiger partial charge in [-0.1, -0.05) is 60.1 Å². The molecule has 0 spiro atoms. The summed E-state index contributed by atoms with van der Waals surface area (Å²) in [7, 11) is -1.09. The first-order valence-electron chi connectivity index (χ1n) is 6.39. The first kappa shape index (κ1) is 14.8. The summed E-state index contributed by atoms with van der Waals surface area (Å²) in [4.78, 5) is 0.844. The fourth-order valence-corrected chi connectivity index (χ4v) is 4.11. The molecule has 0 heterocycles. The summed E-state index contributed by atoms with van der Waals surface area (Å²) in [6.07, 6.45) is 1.71. The van der Waals surface area contributed by atoms with Gasteiger partial charge in [0.05, 0.1) is 20.7 Å². The van der Waals surface area contributed by atoms with E-state index in [1.54, 1.807) is 6.26 Å². The van der Waals surface area contributed by atoms with E-state index in [1.165, 1.54) is 0 Å². The third-order valence-corrected chi connectivity index (χ3v) is 5.82. The summed E-state index contributed by atoms with van der Waals surface area (Å²) in [6.45, 7) is 0. The second-order valence-corrected chi connectivity index (χ2v) is 7.24. The van der Waals surface area contributed by atoms with Gasteiger partial charge in [0.1, 0.15) is 0 Å². The lowest BCUT2D eigenvalue weighted by Crippen LogP contribution is -1.95. The number of rotatable bonds is 2. The van der Waals surface area contributed by atoms with E-state index >= 15 is 0 Å². The van der Waals surface area contributed by atoms with Gasteiger partial charge in [0.15, 0.2) is 0 Å². The molecular weight excluding hydrogens is 368 g/mol. The van der Waals surface area contributed by atoms with Crippen LogP contribution in [0, 0.1) is 0 Å². The van der Waals surface area contributed by atoms with E-state index in [2.05, 4.69) is 15.9 Å². The molecule has 0 aliphatic heterocycles. The maximum absolute atomic E-state index is 12.3. The van der Waals surface area contributed by atoms with E-state index in [1.807, 2.05) is 54.6 Å². The van der Waals surface area contributed by atoms with Crippen LogP contribution in [0.2, 0.25) is 5.02 Å². The Bertz CT molecular complexity index is 861. The number of benzene rings is 3. The highest BCUT2D eigenvalue weighted by Crippen LogP contribution is 2.38. The van der Waals surface area contributed by atoms with Crippen molar-refractivity contribution in [2.24, 2.45) is 0 Å². The Morgan fingerprint density at radius 3 is 2.48 bits per heavy atom. The van der Waals surface area contributed by atoms with Crippen LogP contribution in [-0.2, 0) is 10.8 Å². The number of halogens is 2. The van der Waals surface area contributed by atoms with Gasteiger partial charge in [0, 0.05) is 10.7 Å². The van der Waals surface area contributed by atoms with Crippen LogP contribution in [0.4, 0.5) is 0 Å². The van der Waals surface area contributed by atoms with Gasteiger partial charge >= 0.3 is 0 Å². The highest BCUT2D eigenvalue weighted by Gasteiger charge is 2.15. The maximum Gasteiger partial charge on any atom is 0.0554 e. The van der Waals surface area contributed by atoms with Crippen molar-refractivity contribution in [2.75, 3.05) is 6.26 Å². The molecule has 0 N–H and O–H groups in total. The van der Waals surface area contributed by atoms with Crippen molar-refractivity contribution in [3.63, 3.8) is 0 Å². The largest absolute Gasteiger partial charge is 0.255 e. The molecule has 3 aromatic carbocycles. The quantitative estimate of drug-likeness (QED) is 0.561. The molecular formula is C17H12BrClOS. The van der Waals surface area contributed by atoms with Crippen molar-refractivity contribution in [1.82, 2.24) is 0 Å². The first-order chi connectivity index (χ1) is 10.1. The molecule has 3 aromatic rings. The smallest absolute Gasteiger partial charge is 0.0554 e. The van der Waals surface area contributed by atoms with Gasteiger partial charge in [-0.2, -0.15) is 0 Å². The number of hydrogen-bond acceptors (Lipinski definition) is 1. The van der Waals surface area contributed by atoms with Gasteiger partial charge in [-0.05, 0) is 43.9 Å². The normalized spacial score (nSPS) is 12.5. The first-order valence-corrected chi connectivity index (χ1v) is 9.12. The minimum atomic E-state index is -1.09. The molecule has 0 aliphatic rings. The van der Waals surface area contributed by atoms with Crippen LogP contribution in [0.1, 0.15) is 0 Å². The second kappa shape index (κ2) is 5.91. The van der Waals surface area contributed by atoms with Crippen LogP contribution in [0.25, 0.3) is 21.9 Å². The van der Waals surface area contributed by atoms with Crippen LogP contribution in [-0.4, -0.2) is 10.5 Å². The summed E-state index contributed by atoms with van der Waals surface area (Å²) in [5, 5.41) is 2.75. The van der Waals surface area contributed by atoms with E-state index in [4.69, 9.17) is 11.6 Å². The van der Waals surface area contributed by atoms with Gasteiger partial charge in [0.2, 0.25) is 0 Å². The number of hydrogen-bond donors (Lipinski definition) is 0. The van der Waals surface area contributed by atoms with Gasteiger partial charge in [-0.3, -0.25) is 4.21 Å². The molecule has 0 aliphatic carbocycles. The molecule has 3 rings (SSSR count). The minimum Gasteiger partial charge on any atom is -0.255 e. The lowest BCUT2D eigenvalue weighted by atomic mass is 10.0. The third kappa shape index (κ3) is 2.66. The third-order valence-electron chi connectivity index (χ3n) is 3.41. The monoisotopic (exact) mass is 378 g/mol. The zero-order valence-electron chi connectivity index (χ0n) is 11.3. The van der Waals surface area contributed by atoms with Crippen LogP contribution >= 0.6 is 27.5 Å². The Hall–Kier alpha value is -1.16. The average Bonchev–Trinajstić information content (AvgIpc) is 2.48. The minimum absolute atomic E-state index is 0.647. The van der Waals surface area contributed by atoms with E-state index in [9.17, 15) is 4.21 Å². The summed E-state index contributed by atoms with van der Waals surface area (Å²) in [5.74, 6) is 0. The van der Waals surface area contributed by atoms with Crippen LogP contribution in [0.5, 0.6) is 0 Å². The molecule has 0 saturated heterocycles. The molecule has 21 heavy (non-hydrogen) atoms. The van der Waals surface area contributed by atoms with Crippen molar-refractivity contribution < 1.29 is 4.21 Å². The van der Waals surface area contributed by atoms with Crippen molar-refractivity contribution in [1.29, 1.82) is 0 Å². The molecule has 0 aromatic heterocycles. The lowest BCUT2D eigenvalue weighted by Gasteiger charge is -2.13. The van der Waals surface area contributed by atoms with Crippen molar-refractivity contribution in [2.45, 2.75) is 4.90 Å². The maximum atomic E-state index is 12.3. The molecule has 1 atom stereocenters. The van der Waals surface area contributed by atoms with E-state index in [0.29, 0.717) is 5.02 Å². The predicted molar refractivity (Wildman–Crippen MR) is 94.4 cm³/mol. The zero-order valence-corrected chi connectivity index (χ0v) is 14.4. The Morgan fingerprint density at radius 2 is 1.71 bits per heavy atom. The predicted octanol–water partition coefficient (Wildman–Crippen LogP) is 5.66. The summed E-state index contributed by atoms with van der Waals surface area (Å²) >= 11 is 9.72. The van der Waals surface area contributed by atoms with Crippen LogP contribution in [0.3, 0.4) is 0 Å². The molecule has 0 fully saturated rings. The lowest BCUT2D eigenvalue weighted by molar-refractivity contribution is 0.687. The van der Waals surface area contributed by atoms with Crippen molar-refractivity contribution in [3.05, 3.63) is 64.1 Å². The fourth-order valence-electron chi connectivity index (χ4n) is 2.48. The highest BCUT2D eigenvalue weighted by atomic mass is 79.9. The Balaban J connectivity index is 2.40. The van der Waals surface area contributed by atoms with Gasteiger partial charge in [-0.15, -0.1) is 0 Å². The van der Waals surface area contributed by atoms with E-state index in [-0.39, 0.29) is 0 Å². The van der Waals surface area contributed by atoms with Gasteiger partial charge in [-0.25, -0.2) is 0 Å². The summed E-state index contributed by atoms with van der Waals surface area (Å²) in [5.41, 5.74) is 1.90. The molecule has 1 unspecified atom stereocenters. The van der Waals surface area contributed by atoms with Crippen LogP contribution < -0.4 is 0 Å². The standard InChI is InChI=1S/C17H12BrClOS/c1-21(20)17-12-6-3-2-5-11(12)9-10-14(17)13-7-4-8-15(19)16(13)18/h2-10H,1H3. The molecule has 0 bridgehead atoms.